The first-order chi connectivity index (χ1) is 9.10. The minimum atomic E-state index is -0.605. The van der Waals surface area contributed by atoms with E-state index in [0.717, 1.165) is 16.1 Å². The summed E-state index contributed by atoms with van der Waals surface area (Å²) in [7, 11) is 0. The molecule has 5 heteroatoms. The van der Waals surface area contributed by atoms with Gasteiger partial charge in [-0.25, -0.2) is 8.78 Å². The Morgan fingerprint density at radius 2 is 1.74 bits per heavy atom. The lowest BCUT2D eigenvalue weighted by Gasteiger charge is -2.12. The molecule has 0 fully saturated rings. The van der Waals surface area contributed by atoms with Crippen molar-refractivity contribution in [3.8, 4) is 5.75 Å². The van der Waals surface area contributed by atoms with E-state index in [4.69, 9.17) is 4.74 Å². The second-order valence-corrected chi connectivity index (χ2v) is 5.34. The maximum absolute atomic E-state index is 13.1. The third-order valence-electron chi connectivity index (χ3n) is 2.50. The van der Waals surface area contributed by atoms with E-state index in [2.05, 4.69) is 31.9 Å². The van der Waals surface area contributed by atoms with Gasteiger partial charge >= 0.3 is 0 Å². The van der Waals surface area contributed by atoms with Crippen LogP contribution in [0.1, 0.15) is 11.1 Å². The number of benzene rings is 2. The van der Waals surface area contributed by atoms with Gasteiger partial charge in [-0.3, -0.25) is 0 Å². The highest BCUT2D eigenvalue weighted by molar-refractivity contribution is 9.10. The molecule has 0 radical (unpaired) electrons. The lowest BCUT2D eigenvalue weighted by molar-refractivity contribution is 0.300. The molecule has 0 aromatic heterocycles. The molecular weight excluding hydrogens is 382 g/mol. The van der Waals surface area contributed by atoms with E-state index >= 15 is 0 Å². The Labute approximate surface area is 126 Å². The maximum Gasteiger partial charge on any atom is 0.138 e. The quantitative estimate of drug-likeness (QED) is 0.650. The molecule has 0 aliphatic heterocycles. The Balaban J connectivity index is 2.18. The first kappa shape index (κ1) is 14.5. The van der Waals surface area contributed by atoms with Gasteiger partial charge < -0.3 is 4.74 Å². The van der Waals surface area contributed by atoms with E-state index < -0.39 is 11.6 Å². The summed E-state index contributed by atoms with van der Waals surface area (Å²) in [6.45, 7) is 0.108. The van der Waals surface area contributed by atoms with Crippen molar-refractivity contribution in [2.45, 2.75) is 11.9 Å². The van der Waals surface area contributed by atoms with Crippen molar-refractivity contribution in [3.05, 3.63) is 63.6 Å². The van der Waals surface area contributed by atoms with Gasteiger partial charge in [0.15, 0.2) is 0 Å². The van der Waals surface area contributed by atoms with Gasteiger partial charge in [-0.2, -0.15) is 0 Å². The summed E-state index contributed by atoms with van der Waals surface area (Å²) in [5.74, 6) is -0.540. The van der Waals surface area contributed by atoms with E-state index in [0.29, 0.717) is 16.6 Å². The predicted octanol–water partition coefficient (Wildman–Crippen LogP) is 5.20. The summed E-state index contributed by atoms with van der Waals surface area (Å²) >= 11 is 6.77. The van der Waals surface area contributed by atoms with Crippen LogP contribution in [0.3, 0.4) is 0 Å². The van der Waals surface area contributed by atoms with Gasteiger partial charge in [0.05, 0.1) is 4.47 Å². The Kier molecular flexibility index (Phi) is 4.93. The molecule has 0 bridgehead atoms. The molecular formula is C14H10Br2F2O. The average Bonchev–Trinajstić information content (AvgIpc) is 2.36. The van der Waals surface area contributed by atoms with Gasteiger partial charge in [0.25, 0.3) is 0 Å². The van der Waals surface area contributed by atoms with Crippen LogP contribution in [-0.2, 0) is 11.9 Å². The van der Waals surface area contributed by atoms with E-state index in [1.807, 2.05) is 18.2 Å². The normalized spacial score (nSPS) is 10.5. The lowest BCUT2D eigenvalue weighted by Crippen LogP contribution is -2.00. The van der Waals surface area contributed by atoms with Gasteiger partial charge in [-0.1, -0.05) is 28.1 Å². The molecule has 100 valence electrons. The average molecular weight is 392 g/mol. The van der Waals surface area contributed by atoms with Crippen LogP contribution in [0.15, 0.2) is 40.9 Å². The number of hydrogen-bond acceptors (Lipinski definition) is 1. The molecule has 0 aliphatic rings. The summed E-state index contributed by atoms with van der Waals surface area (Å²) < 4.78 is 32.6. The first-order valence-corrected chi connectivity index (χ1v) is 7.42. The van der Waals surface area contributed by atoms with E-state index in [-0.39, 0.29) is 6.61 Å². The Morgan fingerprint density at radius 1 is 1.05 bits per heavy atom. The van der Waals surface area contributed by atoms with Crippen molar-refractivity contribution in [1.29, 1.82) is 0 Å². The Bertz CT molecular complexity index is 567. The zero-order valence-electron chi connectivity index (χ0n) is 9.80. The van der Waals surface area contributed by atoms with Gasteiger partial charge in [0.1, 0.15) is 24.0 Å². The van der Waals surface area contributed by atoms with Crippen LogP contribution in [-0.4, -0.2) is 0 Å². The molecule has 0 aliphatic carbocycles. The van der Waals surface area contributed by atoms with E-state index in [9.17, 15) is 8.78 Å². The SMILES string of the molecule is Fc1cc(F)cc(COc2c(Br)cccc2CBr)c1. The highest BCUT2D eigenvalue weighted by atomic mass is 79.9. The molecule has 2 rings (SSSR count). The smallest absolute Gasteiger partial charge is 0.138 e. The zero-order valence-corrected chi connectivity index (χ0v) is 13.0. The molecule has 19 heavy (non-hydrogen) atoms. The molecule has 0 N–H and O–H groups in total. The number of hydrogen-bond donors (Lipinski definition) is 0. The molecule has 0 heterocycles. The standard InChI is InChI=1S/C14H10Br2F2O/c15-7-10-2-1-3-13(16)14(10)19-8-9-4-11(17)6-12(18)5-9/h1-6H,7-8H2. The highest BCUT2D eigenvalue weighted by Crippen LogP contribution is 2.31. The number of para-hydroxylation sites is 1. The van der Waals surface area contributed by atoms with Gasteiger partial charge in [0, 0.05) is 17.0 Å². The molecule has 0 spiro atoms. The molecule has 0 atom stereocenters. The van der Waals surface area contributed by atoms with Crippen LogP contribution in [0, 0.1) is 11.6 Å². The highest BCUT2D eigenvalue weighted by Gasteiger charge is 2.08. The van der Waals surface area contributed by atoms with Crippen molar-refractivity contribution >= 4 is 31.9 Å². The zero-order chi connectivity index (χ0) is 13.8. The second-order valence-electron chi connectivity index (χ2n) is 3.93. The second kappa shape index (κ2) is 6.48. The minimum absolute atomic E-state index is 0.108. The summed E-state index contributed by atoms with van der Waals surface area (Å²) in [5.41, 5.74) is 1.42. The van der Waals surface area contributed by atoms with Crippen molar-refractivity contribution in [2.75, 3.05) is 0 Å². The summed E-state index contributed by atoms with van der Waals surface area (Å²) in [4.78, 5) is 0. The molecule has 2 aromatic rings. The lowest BCUT2D eigenvalue weighted by atomic mass is 10.2. The molecule has 0 amide bonds. The molecule has 1 nitrogen and oxygen atoms in total. The molecule has 2 aromatic carbocycles. The summed E-state index contributed by atoms with van der Waals surface area (Å²) in [6.07, 6.45) is 0. The first-order valence-electron chi connectivity index (χ1n) is 5.51. The fourth-order valence-electron chi connectivity index (χ4n) is 1.67. The summed E-state index contributed by atoms with van der Waals surface area (Å²) in [5, 5.41) is 0.638. The van der Waals surface area contributed by atoms with Crippen LogP contribution in [0.5, 0.6) is 5.75 Å². The van der Waals surface area contributed by atoms with Crippen LogP contribution in [0.25, 0.3) is 0 Å². The minimum Gasteiger partial charge on any atom is -0.487 e. The van der Waals surface area contributed by atoms with Crippen LogP contribution in [0.2, 0.25) is 0 Å². The van der Waals surface area contributed by atoms with Crippen molar-refractivity contribution in [2.24, 2.45) is 0 Å². The van der Waals surface area contributed by atoms with Crippen molar-refractivity contribution in [1.82, 2.24) is 0 Å². The number of halogens is 4. The fourth-order valence-corrected chi connectivity index (χ4v) is 2.63. The fraction of sp³-hybridized carbons (Fsp3) is 0.143. The molecule has 0 saturated heterocycles. The third-order valence-corrected chi connectivity index (χ3v) is 3.73. The van der Waals surface area contributed by atoms with Crippen LogP contribution in [0.4, 0.5) is 8.78 Å². The van der Waals surface area contributed by atoms with Crippen LogP contribution < -0.4 is 4.74 Å². The van der Waals surface area contributed by atoms with Crippen molar-refractivity contribution in [3.63, 3.8) is 0 Å². The largest absolute Gasteiger partial charge is 0.487 e. The number of alkyl halides is 1. The van der Waals surface area contributed by atoms with Crippen LogP contribution >= 0.6 is 31.9 Å². The number of ether oxygens (including phenoxy) is 1. The van der Waals surface area contributed by atoms with Crippen molar-refractivity contribution < 1.29 is 13.5 Å². The Hall–Kier alpha value is -0.940. The molecule has 0 unspecified atom stereocenters. The maximum atomic E-state index is 13.1. The Morgan fingerprint density at radius 3 is 2.37 bits per heavy atom. The number of rotatable bonds is 4. The van der Waals surface area contributed by atoms with Gasteiger partial charge in [0.2, 0.25) is 0 Å². The predicted molar refractivity (Wildman–Crippen MR) is 77.5 cm³/mol. The third kappa shape index (κ3) is 3.76. The molecule has 0 saturated carbocycles. The van der Waals surface area contributed by atoms with E-state index in [1.165, 1.54) is 12.1 Å². The topological polar surface area (TPSA) is 9.23 Å². The van der Waals surface area contributed by atoms with E-state index in [1.54, 1.807) is 0 Å². The summed E-state index contributed by atoms with van der Waals surface area (Å²) in [6, 6.07) is 9.03. The monoisotopic (exact) mass is 390 g/mol. The van der Waals surface area contributed by atoms with Gasteiger partial charge in [-0.15, -0.1) is 0 Å². The van der Waals surface area contributed by atoms with Gasteiger partial charge in [-0.05, 0) is 39.7 Å².